The minimum Gasteiger partial charge on any atom is -0.508 e. The molecule has 1 saturated heterocycles. The molecule has 0 aliphatic carbocycles. The lowest BCUT2D eigenvalue weighted by atomic mass is 10.1. The first-order chi connectivity index (χ1) is 11.0. The van der Waals surface area contributed by atoms with E-state index in [0.29, 0.717) is 9.23 Å². The summed E-state index contributed by atoms with van der Waals surface area (Å²) in [6, 6.07) is 12.7. The minimum atomic E-state index is -0.133. The molecule has 3 rings (SSSR count). The van der Waals surface area contributed by atoms with Gasteiger partial charge < -0.3 is 5.11 Å². The van der Waals surface area contributed by atoms with E-state index in [0.717, 1.165) is 16.8 Å². The van der Waals surface area contributed by atoms with Crippen LogP contribution in [-0.4, -0.2) is 15.3 Å². The molecule has 1 fully saturated rings. The molecule has 0 spiro atoms. The highest BCUT2D eigenvalue weighted by Crippen LogP contribution is 2.36. The van der Waals surface area contributed by atoms with E-state index in [9.17, 15) is 9.90 Å². The van der Waals surface area contributed by atoms with Gasteiger partial charge in [-0.1, -0.05) is 42.2 Å². The van der Waals surface area contributed by atoms with E-state index in [-0.39, 0.29) is 11.7 Å². The Morgan fingerprint density at radius 2 is 1.91 bits per heavy atom. The zero-order valence-corrected chi connectivity index (χ0v) is 14.4. The van der Waals surface area contributed by atoms with E-state index in [4.69, 9.17) is 12.2 Å². The average Bonchev–Trinajstić information content (AvgIpc) is 2.77. The number of carbonyl (C=O) groups is 1. The Morgan fingerprint density at radius 3 is 2.61 bits per heavy atom. The number of thioether (sulfide) groups is 1. The van der Waals surface area contributed by atoms with Crippen molar-refractivity contribution in [2.24, 2.45) is 0 Å². The van der Waals surface area contributed by atoms with Crippen LogP contribution < -0.4 is 4.90 Å². The summed E-state index contributed by atoms with van der Waals surface area (Å²) in [5, 5.41) is 9.53. The third-order valence-corrected chi connectivity index (χ3v) is 5.01. The maximum atomic E-state index is 12.7. The molecule has 0 unspecified atom stereocenters. The molecular formula is C18H15NO2S2. The summed E-state index contributed by atoms with van der Waals surface area (Å²) in [6.45, 7) is 4.05. The highest BCUT2D eigenvalue weighted by molar-refractivity contribution is 8.27. The molecule has 0 bridgehead atoms. The second-order valence-electron chi connectivity index (χ2n) is 5.38. The van der Waals surface area contributed by atoms with Gasteiger partial charge in [0.15, 0.2) is 4.32 Å². The molecule has 0 aromatic heterocycles. The standard InChI is InChI=1S/C18H15NO2S2/c1-11-6-7-14(8-12(11)2)19-17(21)16(23-18(19)22)10-13-4-3-5-15(20)9-13/h3-10,20H,1-2H3/b16-10+. The molecule has 1 amide bonds. The molecule has 116 valence electrons. The molecular weight excluding hydrogens is 326 g/mol. The fourth-order valence-electron chi connectivity index (χ4n) is 2.32. The van der Waals surface area contributed by atoms with Crippen molar-refractivity contribution >= 4 is 46.0 Å². The van der Waals surface area contributed by atoms with Crippen molar-refractivity contribution < 1.29 is 9.90 Å². The number of aromatic hydroxyl groups is 1. The van der Waals surface area contributed by atoms with E-state index < -0.39 is 0 Å². The van der Waals surface area contributed by atoms with Crippen LogP contribution in [0.4, 0.5) is 5.69 Å². The van der Waals surface area contributed by atoms with Crippen LogP contribution in [0.25, 0.3) is 6.08 Å². The van der Waals surface area contributed by atoms with Crippen molar-refractivity contribution in [3.63, 3.8) is 0 Å². The molecule has 2 aromatic rings. The maximum absolute atomic E-state index is 12.7. The number of amides is 1. The van der Waals surface area contributed by atoms with E-state index >= 15 is 0 Å². The Labute approximate surface area is 144 Å². The van der Waals surface area contributed by atoms with Crippen LogP contribution in [0, 0.1) is 13.8 Å². The lowest BCUT2D eigenvalue weighted by Crippen LogP contribution is -2.27. The zero-order chi connectivity index (χ0) is 16.6. The van der Waals surface area contributed by atoms with Crippen LogP contribution in [0.15, 0.2) is 47.4 Å². The number of thiocarbonyl (C=S) groups is 1. The van der Waals surface area contributed by atoms with Gasteiger partial charge in [0.1, 0.15) is 5.75 Å². The Hall–Kier alpha value is -2.11. The van der Waals surface area contributed by atoms with E-state index in [1.807, 2.05) is 38.1 Å². The second-order valence-corrected chi connectivity index (χ2v) is 7.06. The molecule has 0 saturated carbocycles. The molecule has 0 atom stereocenters. The number of anilines is 1. The number of rotatable bonds is 2. The highest BCUT2D eigenvalue weighted by Gasteiger charge is 2.33. The Bertz CT molecular complexity index is 843. The van der Waals surface area contributed by atoms with Crippen molar-refractivity contribution in [2.45, 2.75) is 13.8 Å². The average molecular weight is 341 g/mol. The van der Waals surface area contributed by atoms with Crippen molar-refractivity contribution in [3.05, 3.63) is 64.1 Å². The SMILES string of the molecule is Cc1ccc(N2C(=O)/C(=C\c3cccc(O)c3)SC2=S)cc1C. The quantitative estimate of drug-likeness (QED) is 0.649. The Kier molecular flexibility index (Phi) is 4.24. The maximum Gasteiger partial charge on any atom is 0.270 e. The summed E-state index contributed by atoms with van der Waals surface area (Å²) in [4.78, 5) is 14.8. The van der Waals surface area contributed by atoms with Crippen LogP contribution in [0.5, 0.6) is 5.75 Å². The van der Waals surface area contributed by atoms with Gasteiger partial charge in [-0.3, -0.25) is 9.69 Å². The zero-order valence-electron chi connectivity index (χ0n) is 12.7. The van der Waals surface area contributed by atoms with Crippen molar-refractivity contribution in [2.75, 3.05) is 4.90 Å². The van der Waals surface area contributed by atoms with Gasteiger partial charge in [-0.15, -0.1) is 0 Å². The summed E-state index contributed by atoms with van der Waals surface area (Å²) in [5.41, 5.74) is 3.85. The lowest BCUT2D eigenvalue weighted by molar-refractivity contribution is -0.113. The van der Waals surface area contributed by atoms with Gasteiger partial charge in [0, 0.05) is 0 Å². The summed E-state index contributed by atoms with van der Waals surface area (Å²) >= 11 is 6.65. The van der Waals surface area contributed by atoms with Gasteiger partial charge >= 0.3 is 0 Å². The predicted octanol–water partition coefficient (Wildman–Crippen LogP) is 4.41. The van der Waals surface area contributed by atoms with E-state index in [1.165, 1.54) is 17.3 Å². The molecule has 1 heterocycles. The number of carbonyl (C=O) groups excluding carboxylic acids is 1. The number of hydrogen-bond donors (Lipinski definition) is 1. The Morgan fingerprint density at radius 1 is 1.13 bits per heavy atom. The minimum absolute atomic E-state index is 0.133. The molecule has 1 aliphatic rings. The molecule has 5 heteroatoms. The lowest BCUT2D eigenvalue weighted by Gasteiger charge is -2.15. The van der Waals surface area contributed by atoms with E-state index in [1.54, 1.807) is 29.2 Å². The van der Waals surface area contributed by atoms with Crippen molar-refractivity contribution in [3.8, 4) is 5.75 Å². The van der Waals surface area contributed by atoms with Crippen LogP contribution >= 0.6 is 24.0 Å². The topological polar surface area (TPSA) is 40.5 Å². The van der Waals surface area contributed by atoms with Gasteiger partial charge in [-0.25, -0.2) is 0 Å². The predicted molar refractivity (Wildman–Crippen MR) is 99.7 cm³/mol. The molecule has 23 heavy (non-hydrogen) atoms. The molecule has 2 aromatic carbocycles. The van der Waals surface area contributed by atoms with Crippen LogP contribution in [0.1, 0.15) is 16.7 Å². The molecule has 1 aliphatic heterocycles. The summed E-state index contributed by atoms with van der Waals surface area (Å²) in [5.74, 6) is 0.0370. The number of nitrogens with zero attached hydrogens (tertiary/aromatic N) is 1. The van der Waals surface area contributed by atoms with Gasteiger partial charge in [0.05, 0.1) is 10.6 Å². The van der Waals surface area contributed by atoms with Crippen molar-refractivity contribution in [1.29, 1.82) is 0 Å². The van der Waals surface area contributed by atoms with Crippen LogP contribution in [0.2, 0.25) is 0 Å². The molecule has 3 nitrogen and oxygen atoms in total. The first-order valence-corrected chi connectivity index (χ1v) is 8.32. The second kappa shape index (κ2) is 6.18. The fraction of sp³-hybridized carbons (Fsp3) is 0.111. The van der Waals surface area contributed by atoms with Gasteiger partial charge in [-0.2, -0.15) is 0 Å². The third kappa shape index (κ3) is 3.16. The van der Waals surface area contributed by atoms with Crippen LogP contribution in [-0.2, 0) is 4.79 Å². The summed E-state index contributed by atoms with van der Waals surface area (Å²) in [7, 11) is 0. The van der Waals surface area contributed by atoms with Gasteiger partial charge in [-0.05, 0) is 60.9 Å². The first kappa shape index (κ1) is 15.8. The van der Waals surface area contributed by atoms with Crippen LogP contribution in [0.3, 0.4) is 0 Å². The smallest absolute Gasteiger partial charge is 0.270 e. The number of aryl methyl sites for hydroxylation is 2. The summed E-state index contributed by atoms with van der Waals surface area (Å²) in [6.07, 6.45) is 1.75. The fourth-order valence-corrected chi connectivity index (χ4v) is 3.62. The van der Waals surface area contributed by atoms with Gasteiger partial charge in [0.25, 0.3) is 5.91 Å². The highest BCUT2D eigenvalue weighted by atomic mass is 32.2. The third-order valence-electron chi connectivity index (χ3n) is 3.71. The Balaban J connectivity index is 1.95. The number of phenolic OH excluding ortho intramolecular Hbond substituents is 1. The van der Waals surface area contributed by atoms with Crippen molar-refractivity contribution in [1.82, 2.24) is 0 Å². The molecule has 1 N–H and O–H groups in total. The number of hydrogen-bond acceptors (Lipinski definition) is 4. The largest absolute Gasteiger partial charge is 0.508 e. The summed E-state index contributed by atoms with van der Waals surface area (Å²) < 4.78 is 0.518. The first-order valence-electron chi connectivity index (χ1n) is 7.10. The molecule has 0 radical (unpaired) electrons. The number of benzene rings is 2. The van der Waals surface area contributed by atoms with E-state index in [2.05, 4.69) is 0 Å². The normalized spacial score (nSPS) is 16.4. The number of phenols is 1. The monoisotopic (exact) mass is 341 g/mol. The van der Waals surface area contributed by atoms with Gasteiger partial charge in [0.2, 0.25) is 0 Å².